The Balaban J connectivity index is 1.08. The van der Waals surface area contributed by atoms with E-state index in [1.807, 2.05) is 72.8 Å². The highest BCUT2D eigenvalue weighted by Gasteiger charge is 2.25. The number of benzene rings is 9. The number of hydrogen-bond donors (Lipinski definition) is 0. The fraction of sp³-hybridized carbons (Fsp3) is 0. The highest BCUT2D eigenvalue weighted by atomic mass is 15.1. The molecule has 4 heterocycles. The lowest BCUT2D eigenvalue weighted by atomic mass is 10.0. The Labute approximate surface area is 397 Å². The summed E-state index contributed by atoms with van der Waals surface area (Å²) >= 11 is 0. The third kappa shape index (κ3) is 6.87. The molecule has 13 aromatic rings. The van der Waals surface area contributed by atoms with Gasteiger partial charge in [0.15, 0.2) is 17.5 Å². The van der Waals surface area contributed by atoms with Crippen molar-refractivity contribution in [2.75, 3.05) is 0 Å². The smallest absolute Gasteiger partial charge is 0.164 e. The molecule has 9 nitrogen and oxygen atoms in total. The van der Waals surface area contributed by atoms with Crippen molar-refractivity contribution in [1.82, 2.24) is 43.6 Å². The van der Waals surface area contributed by atoms with Crippen LogP contribution in [0.2, 0.25) is 0 Å². The van der Waals surface area contributed by atoms with Crippen molar-refractivity contribution in [3.05, 3.63) is 237 Å². The topological polar surface area (TPSA) is 92.1 Å². The van der Waals surface area contributed by atoms with Crippen molar-refractivity contribution in [2.45, 2.75) is 0 Å². The first-order valence-corrected chi connectivity index (χ1v) is 22.9. The van der Waals surface area contributed by atoms with Gasteiger partial charge in [-0.25, -0.2) is 29.9 Å². The van der Waals surface area contributed by atoms with Crippen LogP contribution in [-0.2, 0) is 0 Å². The lowest BCUT2D eigenvalue weighted by Gasteiger charge is -2.16. The Morgan fingerprint density at radius 2 is 0.435 bits per heavy atom. The third-order valence-corrected chi connectivity index (χ3v) is 12.6. The van der Waals surface area contributed by atoms with Gasteiger partial charge in [-0.15, -0.1) is 0 Å². The molecule has 0 atom stereocenters. The second-order valence-corrected chi connectivity index (χ2v) is 16.7. The Kier molecular flexibility index (Phi) is 9.61. The molecule has 0 N–H and O–H groups in total. The van der Waals surface area contributed by atoms with Crippen molar-refractivity contribution < 1.29 is 0 Å². The highest BCUT2D eigenvalue weighted by Crippen LogP contribution is 2.40. The molecule has 0 unspecified atom stereocenters. The monoisotopic (exact) mass is 885 g/mol. The fourth-order valence-electron chi connectivity index (χ4n) is 9.49. The Hall–Kier alpha value is -9.60. The van der Waals surface area contributed by atoms with Gasteiger partial charge in [0.2, 0.25) is 0 Å². The molecule has 0 fully saturated rings. The van der Waals surface area contributed by atoms with Gasteiger partial charge in [0.1, 0.15) is 17.5 Å². The molecule has 0 amide bonds. The highest BCUT2D eigenvalue weighted by molar-refractivity contribution is 5.92. The van der Waals surface area contributed by atoms with Crippen LogP contribution in [0.15, 0.2) is 237 Å². The van der Waals surface area contributed by atoms with Crippen LogP contribution in [0.5, 0.6) is 0 Å². The maximum Gasteiger partial charge on any atom is 0.164 e. The van der Waals surface area contributed by atoms with E-state index in [2.05, 4.69) is 177 Å². The minimum Gasteiger partial charge on any atom is -0.292 e. The molecular formula is C60H39N9. The molecule has 324 valence electrons. The van der Waals surface area contributed by atoms with Crippen molar-refractivity contribution in [3.63, 3.8) is 0 Å². The van der Waals surface area contributed by atoms with Gasteiger partial charge in [-0.1, -0.05) is 164 Å². The molecule has 0 spiro atoms. The van der Waals surface area contributed by atoms with Gasteiger partial charge in [-0.2, -0.15) is 0 Å². The van der Waals surface area contributed by atoms with E-state index in [0.29, 0.717) is 17.5 Å². The fourth-order valence-corrected chi connectivity index (χ4v) is 9.49. The summed E-state index contributed by atoms with van der Waals surface area (Å²) in [6.45, 7) is 0. The van der Waals surface area contributed by atoms with Gasteiger partial charge in [0, 0.05) is 50.4 Å². The molecule has 0 aliphatic carbocycles. The molecule has 0 radical (unpaired) electrons. The quantitative estimate of drug-likeness (QED) is 0.143. The molecular weight excluding hydrogens is 847 g/mol. The number of para-hydroxylation sites is 9. The molecule has 0 aliphatic rings. The first kappa shape index (κ1) is 39.7. The summed E-state index contributed by atoms with van der Waals surface area (Å²) in [7, 11) is 0. The predicted molar refractivity (Wildman–Crippen MR) is 276 cm³/mol. The molecule has 4 aromatic heterocycles. The van der Waals surface area contributed by atoms with Crippen molar-refractivity contribution in [2.24, 2.45) is 0 Å². The zero-order valence-corrected chi connectivity index (χ0v) is 37.0. The van der Waals surface area contributed by atoms with E-state index < -0.39 is 0 Å². The van der Waals surface area contributed by atoms with Gasteiger partial charge in [0.05, 0.1) is 33.1 Å². The van der Waals surface area contributed by atoms with E-state index in [-0.39, 0.29) is 0 Å². The van der Waals surface area contributed by atoms with E-state index >= 15 is 0 Å². The standard InChI is InChI=1S/C60H39N9/c1-4-22-40(23-5-1)67-52-37-19-16-34-49(52)61-58(67)46-31-13-10-28-43(46)55-64-56(44-29-11-14-32-47(44)59-62-50-35-17-20-38-53(50)68(59)41-24-6-2-7-25-41)66-57(65-55)45-30-12-15-33-48(45)60-63-51-36-18-21-39-54(51)69(60)42-26-8-3-9-27-42/h1-39H. The third-order valence-electron chi connectivity index (χ3n) is 12.6. The molecule has 69 heavy (non-hydrogen) atoms. The largest absolute Gasteiger partial charge is 0.292 e. The lowest BCUT2D eigenvalue weighted by Crippen LogP contribution is -2.05. The van der Waals surface area contributed by atoms with Crippen LogP contribution in [0.1, 0.15) is 0 Å². The Morgan fingerprint density at radius 3 is 0.725 bits per heavy atom. The van der Waals surface area contributed by atoms with Crippen LogP contribution in [0.4, 0.5) is 0 Å². The van der Waals surface area contributed by atoms with E-state index in [0.717, 1.165) is 101 Å². The van der Waals surface area contributed by atoms with E-state index in [9.17, 15) is 0 Å². The average molecular weight is 886 g/mol. The SMILES string of the molecule is c1ccc(-n2c(-c3ccccc3-c3nc(-c4ccccc4-c4nc5ccccc5n4-c4ccccc4)nc(-c4ccccc4-c4nc5ccccc5n4-c4ccccc4)n3)nc3ccccc32)cc1. The zero-order chi connectivity index (χ0) is 45.7. The maximum absolute atomic E-state index is 5.47. The van der Waals surface area contributed by atoms with Crippen LogP contribution in [0, 0.1) is 0 Å². The second kappa shape index (κ2) is 16.7. The van der Waals surface area contributed by atoms with E-state index in [4.69, 9.17) is 29.9 Å². The predicted octanol–water partition coefficient (Wildman–Crippen LogP) is 13.9. The first-order valence-electron chi connectivity index (χ1n) is 22.9. The van der Waals surface area contributed by atoms with Crippen molar-refractivity contribution >= 4 is 33.1 Å². The minimum atomic E-state index is 0.495. The van der Waals surface area contributed by atoms with E-state index in [1.54, 1.807) is 0 Å². The maximum atomic E-state index is 5.47. The van der Waals surface area contributed by atoms with Crippen LogP contribution in [0.3, 0.4) is 0 Å². The second-order valence-electron chi connectivity index (χ2n) is 16.7. The van der Waals surface area contributed by atoms with Crippen molar-refractivity contribution in [1.29, 1.82) is 0 Å². The number of imidazole rings is 3. The van der Waals surface area contributed by atoms with E-state index in [1.165, 1.54) is 0 Å². The Bertz CT molecular complexity index is 3590. The molecule has 0 aliphatic heterocycles. The van der Waals surface area contributed by atoms with Gasteiger partial charge < -0.3 is 0 Å². The summed E-state index contributed by atoms with van der Waals surface area (Å²) in [4.78, 5) is 32.3. The average Bonchev–Trinajstić information content (AvgIpc) is 4.14. The number of aromatic nitrogens is 9. The van der Waals surface area contributed by atoms with Crippen LogP contribution >= 0.6 is 0 Å². The minimum absolute atomic E-state index is 0.495. The number of nitrogens with zero attached hydrogens (tertiary/aromatic N) is 9. The van der Waals surface area contributed by atoms with Crippen molar-refractivity contribution in [3.8, 4) is 85.4 Å². The summed E-state index contributed by atoms with van der Waals surface area (Å²) in [6, 6.07) is 80.6. The van der Waals surface area contributed by atoms with Crippen LogP contribution in [0.25, 0.3) is 118 Å². The van der Waals surface area contributed by atoms with Crippen LogP contribution in [-0.4, -0.2) is 43.6 Å². The molecule has 13 rings (SSSR count). The molecule has 9 aromatic carbocycles. The summed E-state index contributed by atoms with van der Waals surface area (Å²) in [6.07, 6.45) is 0. The molecule has 9 heteroatoms. The summed E-state index contributed by atoms with van der Waals surface area (Å²) in [5.41, 5.74) is 13.7. The molecule has 0 saturated carbocycles. The molecule has 0 saturated heterocycles. The first-order chi connectivity index (χ1) is 34.2. The number of hydrogen-bond acceptors (Lipinski definition) is 6. The summed E-state index contributed by atoms with van der Waals surface area (Å²) < 4.78 is 6.64. The Morgan fingerprint density at radius 1 is 0.203 bits per heavy atom. The summed E-state index contributed by atoms with van der Waals surface area (Å²) in [5.74, 6) is 3.81. The van der Waals surface area contributed by atoms with Gasteiger partial charge >= 0.3 is 0 Å². The number of rotatable bonds is 9. The zero-order valence-electron chi connectivity index (χ0n) is 37.0. The van der Waals surface area contributed by atoms with Crippen LogP contribution < -0.4 is 0 Å². The summed E-state index contributed by atoms with van der Waals surface area (Å²) in [5, 5.41) is 0. The van der Waals surface area contributed by atoms with Gasteiger partial charge in [-0.05, 0) is 72.8 Å². The number of fused-ring (bicyclic) bond motifs is 3. The lowest BCUT2D eigenvalue weighted by molar-refractivity contribution is 1.06. The van der Waals surface area contributed by atoms with Gasteiger partial charge in [0.25, 0.3) is 0 Å². The van der Waals surface area contributed by atoms with Gasteiger partial charge in [-0.3, -0.25) is 13.7 Å². The molecule has 0 bridgehead atoms. The normalized spacial score (nSPS) is 11.5.